The van der Waals surface area contributed by atoms with Crippen molar-refractivity contribution >= 4 is 33.6 Å². The molecule has 2 aromatic rings. The third-order valence-electron chi connectivity index (χ3n) is 2.91. The molecule has 1 heterocycles. The largest absolute Gasteiger partial charge is 0.349 e. The molecule has 3 nitrogen and oxygen atoms in total. The molecule has 1 aromatic carbocycles. The number of carbonyl (C=O) groups excluding carboxylic acids is 2. The summed E-state index contributed by atoms with van der Waals surface area (Å²) in [5, 5.41) is 5.63. The lowest BCUT2D eigenvalue weighted by molar-refractivity contribution is 0.0950. The number of nitrogens with one attached hydrogen (secondary N) is 1. The summed E-state index contributed by atoms with van der Waals surface area (Å²) >= 11 is 1.52. The highest BCUT2D eigenvalue weighted by Gasteiger charge is 2.23. The summed E-state index contributed by atoms with van der Waals surface area (Å²) < 4.78 is 1.04. The Bertz CT molecular complexity index is 598. The third kappa shape index (κ3) is 1.96. The Morgan fingerprint density at radius 1 is 1.41 bits per heavy atom. The molecule has 3 rings (SSSR count). The number of carbonyl (C=O) groups is 2. The van der Waals surface area contributed by atoms with Gasteiger partial charge in [0.25, 0.3) is 5.91 Å². The highest BCUT2D eigenvalue weighted by atomic mass is 32.1. The van der Waals surface area contributed by atoms with Gasteiger partial charge in [-0.3, -0.25) is 9.59 Å². The first kappa shape index (κ1) is 10.5. The van der Waals surface area contributed by atoms with E-state index in [9.17, 15) is 9.59 Å². The maximum absolute atomic E-state index is 11.9. The van der Waals surface area contributed by atoms with Crippen LogP contribution in [0.4, 0.5) is 0 Å². The monoisotopic (exact) mass is 245 g/mol. The molecular weight excluding hydrogens is 234 g/mol. The van der Waals surface area contributed by atoms with Crippen molar-refractivity contribution in [1.82, 2.24) is 5.32 Å². The molecular formula is C13H11NO2S. The van der Waals surface area contributed by atoms with Crippen molar-refractivity contribution in [3.05, 3.63) is 34.7 Å². The summed E-state index contributed by atoms with van der Waals surface area (Å²) in [6.07, 6.45) is 2.99. The Kier molecular flexibility index (Phi) is 2.44. The molecule has 1 fully saturated rings. The van der Waals surface area contributed by atoms with Crippen molar-refractivity contribution in [2.45, 2.75) is 18.9 Å². The summed E-state index contributed by atoms with van der Waals surface area (Å²) in [4.78, 5) is 22.7. The van der Waals surface area contributed by atoms with Crippen molar-refractivity contribution in [2.75, 3.05) is 0 Å². The number of rotatable bonds is 3. The van der Waals surface area contributed by atoms with Gasteiger partial charge < -0.3 is 5.32 Å². The van der Waals surface area contributed by atoms with Gasteiger partial charge in [0.2, 0.25) is 0 Å². The minimum absolute atomic E-state index is 0.0440. The molecule has 0 atom stereocenters. The van der Waals surface area contributed by atoms with Gasteiger partial charge in [-0.15, -0.1) is 11.3 Å². The number of aldehydes is 1. The number of benzene rings is 1. The number of hydrogen-bond acceptors (Lipinski definition) is 3. The molecule has 0 bridgehead atoms. The predicted octanol–water partition coefficient (Wildman–Crippen LogP) is 2.61. The van der Waals surface area contributed by atoms with Gasteiger partial charge in [0.15, 0.2) is 6.29 Å². The van der Waals surface area contributed by atoms with Gasteiger partial charge in [-0.25, -0.2) is 0 Å². The zero-order chi connectivity index (χ0) is 11.8. The van der Waals surface area contributed by atoms with Crippen molar-refractivity contribution in [1.29, 1.82) is 0 Å². The predicted molar refractivity (Wildman–Crippen MR) is 67.7 cm³/mol. The smallest absolute Gasteiger partial charge is 0.251 e. The Balaban J connectivity index is 1.98. The van der Waals surface area contributed by atoms with Crippen LogP contribution in [0.3, 0.4) is 0 Å². The summed E-state index contributed by atoms with van der Waals surface area (Å²) in [5.74, 6) is -0.0440. The van der Waals surface area contributed by atoms with Gasteiger partial charge in [0.05, 0.1) is 0 Å². The average Bonchev–Trinajstić information content (AvgIpc) is 3.06. The van der Waals surface area contributed by atoms with Crippen molar-refractivity contribution in [3.63, 3.8) is 0 Å². The van der Waals surface area contributed by atoms with Gasteiger partial charge in [-0.1, -0.05) is 0 Å². The van der Waals surface area contributed by atoms with E-state index >= 15 is 0 Å². The molecule has 1 amide bonds. The van der Waals surface area contributed by atoms with E-state index in [1.54, 1.807) is 6.07 Å². The van der Waals surface area contributed by atoms with E-state index in [0.29, 0.717) is 17.2 Å². The van der Waals surface area contributed by atoms with Crippen LogP contribution in [0.1, 0.15) is 33.6 Å². The Morgan fingerprint density at radius 3 is 2.94 bits per heavy atom. The molecule has 0 saturated heterocycles. The SMILES string of the molecule is O=Cc1csc2ccc(C(=O)NC3CC3)cc12. The van der Waals surface area contributed by atoms with Crippen molar-refractivity contribution in [2.24, 2.45) is 0 Å². The number of amides is 1. The van der Waals surface area contributed by atoms with E-state index < -0.39 is 0 Å². The molecule has 17 heavy (non-hydrogen) atoms. The van der Waals surface area contributed by atoms with Gasteiger partial charge in [-0.05, 0) is 31.0 Å². The van der Waals surface area contributed by atoms with Gasteiger partial charge in [0, 0.05) is 32.6 Å². The zero-order valence-electron chi connectivity index (χ0n) is 9.10. The summed E-state index contributed by atoms with van der Waals surface area (Å²) in [6.45, 7) is 0. The number of thiophene rings is 1. The molecule has 0 spiro atoms. The number of hydrogen-bond donors (Lipinski definition) is 1. The van der Waals surface area contributed by atoms with E-state index in [0.717, 1.165) is 29.2 Å². The third-order valence-corrected chi connectivity index (χ3v) is 3.89. The molecule has 0 radical (unpaired) electrons. The van der Waals surface area contributed by atoms with Gasteiger partial charge >= 0.3 is 0 Å². The van der Waals surface area contributed by atoms with Gasteiger partial charge in [0.1, 0.15) is 0 Å². The second-order valence-electron chi connectivity index (χ2n) is 4.27. The molecule has 1 saturated carbocycles. The van der Waals surface area contributed by atoms with Crippen LogP contribution < -0.4 is 5.32 Å². The van der Waals surface area contributed by atoms with Crippen LogP contribution in [-0.4, -0.2) is 18.2 Å². The fourth-order valence-electron chi connectivity index (χ4n) is 1.78. The normalized spacial score (nSPS) is 14.8. The van der Waals surface area contributed by atoms with E-state index in [-0.39, 0.29) is 5.91 Å². The Morgan fingerprint density at radius 2 is 2.24 bits per heavy atom. The maximum atomic E-state index is 11.9. The van der Waals surface area contributed by atoms with Crippen LogP contribution >= 0.6 is 11.3 Å². The molecule has 4 heteroatoms. The lowest BCUT2D eigenvalue weighted by Crippen LogP contribution is -2.25. The first-order chi connectivity index (χ1) is 8.28. The highest BCUT2D eigenvalue weighted by molar-refractivity contribution is 7.17. The quantitative estimate of drug-likeness (QED) is 0.845. The van der Waals surface area contributed by atoms with Crippen LogP contribution in [0.25, 0.3) is 10.1 Å². The lowest BCUT2D eigenvalue weighted by atomic mass is 10.1. The fourth-order valence-corrected chi connectivity index (χ4v) is 2.66. The fraction of sp³-hybridized carbons (Fsp3) is 0.231. The standard InChI is InChI=1S/C13H11NO2S/c15-6-9-7-17-12-4-1-8(5-11(9)12)13(16)14-10-2-3-10/h1,4-7,10H,2-3H2,(H,14,16). The van der Waals surface area contributed by atoms with E-state index in [1.807, 2.05) is 17.5 Å². The van der Waals surface area contributed by atoms with Crippen LogP contribution in [0.5, 0.6) is 0 Å². The topological polar surface area (TPSA) is 46.2 Å². The summed E-state index contributed by atoms with van der Waals surface area (Å²) in [7, 11) is 0. The van der Waals surface area contributed by atoms with Crippen LogP contribution in [0.2, 0.25) is 0 Å². The second-order valence-corrected chi connectivity index (χ2v) is 5.18. The first-order valence-electron chi connectivity index (χ1n) is 5.55. The first-order valence-corrected chi connectivity index (χ1v) is 6.43. The molecule has 0 aliphatic heterocycles. The summed E-state index contributed by atoms with van der Waals surface area (Å²) in [6, 6.07) is 5.86. The van der Waals surface area contributed by atoms with Crippen molar-refractivity contribution < 1.29 is 9.59 Å². The second kappa shape index (κ2) is 3.96. The Hall–Kier alpha value is -1.68. The number of fused-ring (bicyclic) bond motifs is 1. The zero-order valence-corrected chi connectivity index (χ0v) is 9.92. The minimum Gasteiger partial charge on any atom is -0.349 e. The average molecular weight is 245 g/mol. The molecule has 1 aliphatic rings. The molecule has 1 N–H and O–H groups in total. The van der Waals surface area contributed by atoms with Crippen LogP contribution in [0.15, 0.2) is 23.6 Å². The highest BCUT2D eigenvalue weighted by Crippen LogP contribution is 2.26. The molecule has 86 valence electrons. The molecule has 1 aromatic heterocycles. The van der Waals surface area contributed by atoms with E-state index in [4.69, 9.17) is 0 Å². The lowest BCUT2D eigenvalue weighted by Gasteiger charge is -2.03. The van der Waals surface area contributed by atoms with Crippen LogP contribution in [0, 0.1) is 0 Å². The Labute approximate surface area is 102 Å². The molecule has 0 unspecified atom stereocenters. The van der Waals surface area contributed by atoms with Crippen molar-refractivity contribution in [3.8, 4) is 0 Å². The minimum atomic E-state index is -0.0440. The van der Waals surface area contributed by atoms with Gasteiger partial charge in [-0.2, -0.15) is 0 Å². The van der Waals surface area contributed by atoms with E-state index in [2.05, 4.69) is 5.32 Å². The van der Waals surface area contributed by atoms with Crippen LogP contribution in [-0.2, 0) is 0 Å². The van der Waals surface area contributed by atoms with E-state index in [1.165, 1.54) is 11.3 Å². The summed E-state index contributed by atoms with van der Waals surface area (Å²) in [5.41, 5.74) is 1.29. The molecule has 1 aliphatic carbocycles. The maximum Gasteiger partial charge on any atom is 0.251 e.